The molecule has 0 spiro atoms. The lowest BCUT2D eigenvalue weighted by Crippen LogP contribution is -2.26. The number of hydrogen-bond donors (Lipinski definition) is 1. The van der Waals surface area contributed by atoms with Crippen LogP contribution in [0.1, 0.15) is 61.5 Å². The Kier molecular flexibility index (Phi) is 6.68. The fourth-order valence-corrected chi connectivity index (χ4v) is 3.08. The Balaban J connectivity index is 2.18. The molecule has 0 saturated carbocycles. The number of amides is 1. The first-order valence-electron chi connectivity index (χ1n) is 9.09. The van der Waals surface area contributed by atoms with Gasteiger partial charge in [0.1, 0.15) is 0 Å². The number of unbranched alkanes of at least 4 members (excludes halogenated alkanes) is 1. The summed E-state index contributed by atoms with van der Waals surface area (Å²) in [4.78, 5) is 21.4. The summed E-state index contributed by atoms with van der Waals surface area (Å²) in [5.74, 6) is 0.122. The standard InChI is InChI=1S/C21H29N3O/c1-6-7-8-20(18-9-10-22-15(3)12-18)16(4)21(25)24-19-11-14(2)17(5)23-13-19/h9-13,16,20H,6-8H2,1-5H3,(H,24,25)/t16?,20-/m1/s1. The Bertz CT molecular complexity index is 727. The van der Waals surface area contributed by atoms with Gasteiger partial charge in [-0.05, 0) is 62.4 Å². The third-order valence-corrected chi connectivity index (χ3v) is 4.84. The normalized spacial score (nSPS) is 13.3. The van der Waals surface area contributed by atoms with Crippen molar-refractivity contribution in [3.8, 4) is 0 Å². The fraction of sp³-hybridized carbons (Fsp3) is 0.476. The summed E-state index contributed by atoms with van der Waals surface area (Å²) in [6, 6.07) is 6.11. The molecule has 2 atom stereocenters. The van der Waals surface area contributed by atoms with Crippen molar-refractivity contribution in [1.82, 2.24) is 9.97 Å². The lowest BCUT2D eigenvalue weighted by Gasteiger charge is -2.24. The maximum absolute atomic E-state index is 12.8. The van der Waals surface area contributed by atoms with Gasteiger partial charge in [0.2, 0.25) is 5.91 Å². The third kappa shape index (κ3) is 5.12. The van der Waals surface area contributed by atoms with E-state index in [9.17, 15) is 4.79 Å². The first-order valence-corrected chi connectivity index (χ1v) is 9.09. The molecule has 4 heteroatoms. The Morgan fingerprint density at radius 1 is 1.20 bits per heavy atom. The van der Waals surface area contributed by atoms with E-state index < -0.39 is 0 Å². The third-order valence-electron chi connectivity index (χ3n) is 4.84. The maximum Gasteiger partial charge on any atom is 0.227 e. The summed E-state index contributed by atoms with van der Waals surface area (Å²) in [6.07, 6.45) is 6.79. The highest BCUT2D eigenvalue weighted by Crippen LogP contribution is 2.31. The van der Waals surface area contributed by atoms with E-state index >= 15 is 0 Å². The van der Waals surface area contributed by atoms with Crippen LogP contribution in [0.25, 0.3) is 0 Å². The van der Waals surface area contributed by atoms with Gasteiger partial charge in [0.25, 0.3) is 0 Å². The topological polar surface area (TPSA) is 54.9 Å². The van der Waals surface area contributed by atoms with E-state index in [1.165, 1.54) is 5.56 Å². The van der Waals surface area contributed by atoms with Crippen LogP contribution >= 0.6 is 0 Å². The van der Waals surface area contributed by atoms with Gasteiger partial charge in [-0.15, -0.1) is 0 Å². The highest BCUT2D eigenvalue weighted by molar-refractivity contribution is 5.92. The molecule has 0 saturated heterocycles. The van der Waals surface area contributed by atoms with Gasteiger partial charge in [-0.3, -0.25) is 14.8 Å². The molecule has 25 heavy (non-hydrogen) atoms. The van der Waals surface area contributed by atoms with E-state index in [2.05, 4.69) is 28.3 Å². The average molecular weight is 339 g/mol. The minimum absolute atomic E-state index is 0.0422. The molecule has 0 aliphatic carbocycles. The average Bonchev–Trinajstić information content (AvgIpc) is 2.58. The van der Waals surface area contributed by atoms with Crippen LogP contribution in [0.5, 0.6) is 0 Å². The maximum atomic E-state index is 12.8. The van der Waals surface area contributed by atoms with Gasteiger partial charge in [-0.25, -0.2) is 0 Å². The number of carbonyl (C=O) groups is 1. The van der Waals surface area contributed by atoms with Crippen LogP contribution in [-0.2, 0) is 4.79 Å². The van der Waals surface area contributed by atoms with E-state index in [0.29, 0.717) is 0 Å². The molecule has 2 aromatic heterocycles. The van der Waals surface area contributed by atoms with Gasteiger partial charge in [-0.1, -0.05) is 26.7 Å². The molecule has 0 bridgehead atoms. The number of nitrogens with zero attached hydrogens (tertiary/aromatic N) is 2. The molecule has 0 aliphatic heterocycles. The molecular weight excluding hydrogens is 310 g/mol. The van der Waals surface area contributed by atoms with Crippen molar-refractivity contribution in [2.24, 2.45) is 5.92 Å². The predicted octanol–water partition coefficient (Wildman–Crippen LogP) is 4.95. The van der Waals surface area contributed by atoms with E-state index in [4.69, 9.17) is 0 Å². The number of aromatic nitrogens is 2. The summed E-state index contributed by atoms with van der Waals surface area (Å²) >= 11 is 0. The van der Waals surface area contributed by atoms with Crippen molar-refractivity contribution >= 4 is 11.6 Å². The number of pyridine rings is 2. The van der Waals surface area contributed by atoms with Gasteiger partial charge in [0.05, 0.1) is 11.9 Å². The number of carbonyl (C=O) groups excluding carboxylic acids is 1. The summed E-state index contributed by atoms with van der Waals surface area (Å²) in [5, 5.41) is 3.03. The van der Waals surface area contributed by atoms with Gasteiger partial charge in [-0.2, -0.15) is 0 Å². The van der Waals surface area contributed by atoms with Crippen molar-refractivity contribution in [2.45, 2.75) is 59.8 Å². The highest BCUT2D eigenvalue weighted by Gasteiger charge is 2.25. The Morgan fingerprint density at radius 3 is 2.60 bits per heavy atom. The van der Waals surface area contributed by atoms with E-state index in [-0.39, 0.29) is 17.7 Å². The summed E-state index contributed by atoms with van der Waals surface area (Å²) in [7, 11) is 0. The van der Waals surface area contributed by atoms with E-state index in [1.54, 1.807) is 6.20 Å². The van der Waals surface area contributed by atoms with Crippen LogP contribution in [0.3, 0.4) is 0 Å². The number of anilines is 1. The molecule has 1 N–H and O–H groups in total. The molecule has 1 unspecified atom stereocenters. The van der Waals surface area contributed by atoms with Gasteiger partial charge in [0, 0.05) is 23.5 Å². The highest BCUT2D eigenvalue weighted by atomic mass is 16.1. The van der Waals surface area contributed by atoms with Gasteiger partial charge < -0.3 is 5.32 Å². The zero-order valence-corrected chi connectivity index (χ0v) is 16.0. The molecule has 0 aliphatic rings. The molecule has 2 rings (SSSR count). The lowest BCUT2D eigenvalue weighted by molar-refractivity contribution is -0.120. The smallest absolute Gasteiger partial charge is 0.227 e. The second-order valence-electron chi connectivity index (χ2n) is 6.88. The van der Waals surface area contributed by atoms with Crippen molar-refractivity contribution in [3.63, 3.8) is 0 Å². The van der Waals surface area contributed by atoms with Gasteiger partial charge in [0.15, 0.2) is 0 Å². The minimum Gasteiger partial charge on any atom is -0.324 e. The zero-order valence-electron chi connectivity index (χ0n) is 16.0. The summed E-state index contributed by atoms with van der Waals surface area (Å²) in [6.45, 7) is 10.2. The SMILES string of the molecule is CCCC[C@@H](c1ccnc(C)c1)C(C)C(=O)Nc1cnc(C)c(C)c1. The van der Waals surface area contributed by atoms with Crippen LogP contribution in [0.15, 0.2) is 30.6 Å². The van der Waals surface area contributed by atoms with Crippen molar-refractivity contribution < 1.29 is 4.79 Å². The van der Waals surface area contributed by atoms with Crippen molar-refractivity contribution in [3.05, 3.63) is 53.1 Å². The van der Waals surface area contributed by atoms with Crippen LogP contribution in [-0.4, -0.2) is 15.9 Å². The van der Waals surface area contributed by atoms with Crippen LogP contribution in [0, 0.1) is 26.7 Å². The Labute approximate surface area is 151 Å². The molecule has 1 amide bonds. The first-order chi connectivity index (χ1) is 11.9. The molecule has 0 radical (unpaired) electrons. The molecule has 2 aromatic rings. The first kappa shape index (κ1) is 19.1. The largest absolute Gasteiger partial charge is 0.324 e. The van der Waals surface area contributed by atoms with Crippen LogP contribution in [0.4, 0.5) is 5.69 Å². The second kappa shape index (κ2) is 8.75. The molecule has 0 aromatic carbocycles. The van der Waals surface area contributed by atoms with E-state index in [0.717, 1.165) is 41.9 Å². The number of aryl methyl sites for hydroxylation is 3. The lowest BCUT2D eigenvalue weighted by atomic mass is 9.83. The fourth-order valence-electron chi connectivity index (χ4n) is 3.08. The number of hydrogen-bond acceptors (Lipinski definition) is 3. The quantitative estimate of drug-likeness (QED) is 0.776. The summed E-state index contributed by atoms with van der Waals surface area (Å²) in [5.41, 5.74) is 5.02. The van der Waals surface area contributed by atoms with E-state index in [1.807, 2.05) is 46.0 Å². The van der Waals surface area contributed by atoms with Gasteiger partial charge >= 0.3 is 0 Å². The van der Waals surface area contributed by atoms with Crippen molar-refractivity contribution in [2.75, 3.05) is 5.32 Å². The molecule has 4 nitrogen and oxygen atoms in total. The Hall–Kier alpha value is -2.23. The summed E-state index contributed by atoms with van der Waals surface area (Å²) < 4.78 is 0. The second-order valence-corrected chi connectivity index (χ2v) is 6.88. The number of rotatable bonds is 7. The van der Waals surface area contributed by atoms with Crippen molar-refractivity contribution in [1.29, 1.82) is 0 Å². The monoisotopic (exact) mass is 339 g/mol. The minimum atomic E-state index is -0.116. The molecule has 0 fully saturated rings. The zero-order chi connectivity index (χ0) is 18.4. The van der Waals surface area contributed by atoms with Crippen LogP contribution in [0.2, 0.25) is 0 Å². The molecule has 2 heterocycles. The number of nitrogens with one attached hydrogen (secondary N) is 1. The molecular formula is C21H29N3O. The Morgan fingerprint density at radius 2 is 1.96 bits per heavy atom. The molecule has 134 valence electrons. The van der Waals surface area contributed by atoms with Crippen LogP contribution < -0.4 is 5.32 Å². The predicted molar refractivity (Wildman–Crippen MR) is 103 cm³/mol.